The van der Waals surface area contributed by atoms with Gasteiger partial charge in [0.25, 0.3) is 0 Å². The molecule has 2 aromatic rings. The highest BCUT2D eigenvalue weighted by Crippen LogP contribution is 2.43. The molecule has 0 radical (unpaired) electrons. The monoisotopic (exact) mass is 413 g/mol. The zero-order valence-corrected chi connectivity index (χ0v) is 14.5. The van der Waals surface area contributed by atoms with E-state index in [9.17, 15) is 36.2 Å². The van der Waals surface area contributed by atoms with Crippen molar-refractivity contribution in [2.75, 3.05) is 0 Å². The largest absolute Gasteiger partial charge is 0.461 e. The van der Waals surface area contributed by atoms with E-state index in [0.717, 1.165) is 18.2 Å². The molecule has 1 atom stereocenters. The predicted octanol–water partition coefficient (Wildman–Crippen LogP) is 4.35. The molecular weight excluding hydrogens is 400 g/mol. The number of carbonyl (C=O) groups is 1. The molecule has 0 spiro atoms. The number of alkyl halides is 6. The smallest absolute Gasteiger partial charge is 0.424 e. The summed E-state index contributed by atoms with van der Waals surface area (Å²) in [5, 5.41) is 10.5. The number of hydrogen-bond acceptors (Lipinski definition) is 5. The van der Waals surface area contributed by atoms with Crippen LogP contribution >= 0.6 is 11.3 Å². The third kappa shape index (κ3) is 4.78. The van der Waals surface area contributed by atoms with Crippen LogP contribution in [0.5, 0.6) is 0 Å². The van der Waals surface area contributed by atoms with Crippen LogP contribution in [-0.4, -0.2) is 22.2 Å². The summed E-state index contributed by atoms with van der Waals surface area (Å²) in [5.74, 6) is -1.51. The molecule has 0 aliphatic heterocycles. The number of halogens is 6. The Balaban J connectivity index is 2.17. The van der Waals surface area contributed by atoms with Crippen molar-refractivity contribution in [3.63, 3.8) is 0 Å². The molecule has 0 amide bonds. The molecule has 0 unspecified atom stereocenters. The lowest BCUT2D eigenvalue weighted by Gasteiger charge is -2.27. The molecule has 0 saturated carbocycles. The molecule has 0 saturated heterocycles. The molecule has 1 N–H and O–H groups in total. The molecule has 2 rings (SSSR count). The lowest BCUT2D eigenvalue weighted by Crippen LogP contribution is -2.44. The van der Waals surface area contributed by atoms with E-state index in [4.69, 9.17) is 0 Å². The summed E-state index contributed by atoms with van der Waals surface area (Å²) in [7, 11) is 0. The first-order valence-electron chi connectivity index (χ1n) is 7.37. The Kier molecular flexibility index (Phi) is 5.85. The van der Waals surface area contributed by atoms with Gasteiger partial charge in [-0.3, -0.25) is 4.79 Å². The molecule has 4 nitrogen and oxygen atoms in total. The third-order valence-electron chi connectivity index (χ3n) is 3.55. The standard InChI is InChI=1S/C16H13F6NO3S/c1-9-8-27-13(23-9)14(25,16(20,21)22)6-12(24)26-7-10-4-2-3-5-11(10)15(17,18)19/h2-5,8,25H,6-7H2,1H3/t14-/m1/s1. The van der Waals surface area contributed by atoms with Crippen molar-refractivity contribution in [3.8, 4) is 0 Å². The fourth-order valence-electron chi connectivity index (χ4n) is 2.18. The van der Waals surface area contributed by atoms with Gasteiger partial charge in [0.2, 0.25) is 5.60 Å². The molecule has 0 aliphatic carbocycles. The molecule has 1 aromatic heterocycles. The first-order valence-corrected chi connectivity index (χ1v) is 8.25. The van der Waals surface area contributed by atoms with Gasteiger partial charge in [-0.15, -0.1) is 11.3 Å². The highest BCUT2D eigenvalue weighted by atomic mass is 32.1. The second-order valence-corrected chi connectivity index (χ2v) is 6.50. The van der Waals surface area contributed by atoms with Gasteiger partial charge in [0.15, 0.2) is 0 Å². The van der Waals surface area contributed by atoms with Gasteiger partial charge in [-0.2, -0.15) is 26.3 Å². The Labute approximate surface area is 153 Å². The first kappa shape index (κ1) is 21.2. The second kappa shape index (κ2) is 7.47. The SMILES string of the molecule is Cc1csc([C@](O)(CC(=O)OCc2ccccc2C(F)(F)F)C(F)(F)F)n1. The van der Waals surface area contributed by atoms with Gasteiger partial charge in [0.1, 0.15) is 11.6 Å². The first-order chi connectivity index (χ1) is 12.3. The summed E-state index contributed by atoms with van der Waals surface area (Å²) < 4.78 is 83.1. The van der Waals surface area contributed by atoms with E-state index in [-0.39, 0.29) is 5.69 Å². The highest BCUT2D eigenvalue weighted by Gasteiger charge is 2.58. The van der Waals surface area contributed by atoms with Gasteiger partial charge in [0, 0.05) is 16.6 Å². The molecule has 0 bridgehead atoms. The maximum Gasteiger partial charge on any atom is 0.424 e. The Morgan fingerprint density at radius 3 is 2.33 bits per heavy atom. The van der Waals surface area contributed by atoms with Crippen LogP contribution in [0.25, 0.3) is 0 Å². The van der Waals surface area contributed by atoms with Crippen LogP contribution in [0.2, 0.25) is 0 Å². The van der Waals surface area contributed by atoms with E-state index in [1.165, 1.54) is 18.4 Å². The number of rotatable bonds is 5. The number of aryl methyl sites for hydroxylation is 1. The molecule has 27 heavy (non-hydrogen) atoms. The summed E-state index contributed by atoms with van der Waals surface area (Å²) in [5.41, 5.74) is -4.87. The van der Waals surface area contributed by atoms with Gasteiger partial charge >= 0.3 is 18.3 Å². The topological polar surface area (TPSA) is 59.4 Å². The van der Waals surface area contributed by atoms with Crippen LogP contribution in [0.15, 0.2) is 29.6 Å². The highest BCUT2D eigenvalue weighted by molar-refractivity contribution is 7.09. The number of thiazole rings is 1. The van der Waals surface area contributed by atoms with Crippen LogP contribution in [0.1, 0.15) is 28.2 Å². The van der Waals surface area contributed by atoms with Gasteiger partial charge in [-0.25, -0.2) is 4.98 Å². The van der Waals surface area contributed by atoms with Crippen molar-refractivity contribution >= 4 is 17.3 Å². The van der Waals surface area contributed by atoms with E-state index in [0.29, 0.717) is 11.3 Å². The van der Waals surface area contributed by atoms with Crippen LogP contribution < -0.4 is 0 Å². The van der Waals surface area contributed by atoms with E-state index in [2.05, 4.69) is 9.72 Å². The third-order valence-corrected chi connectivity index (χ3v) is 4.66. The Morgan fingerprint density at radius 1 is 1.19 bits per heavy atom. The van der Waals surface area contributed by atoms with Crippen molar-refractivity contribution in [2.24, 2.45) is 0 Å². The van der Waals surface area contributed by atoms with Gasteiger partial charge in [0.05, 0.1) is 12.0 Å². The Bertz CT molecular complexity index is 817. The van der Waals surface area contributed by atoms with Crippen molar-refractivity contribution in [1.82, 2.24) is 4.98 Å². The number of aliphatic hydroxyl groups is 1. The lowest BCUT2D eigenvalue weighted by molar-refractivity contribution is -0.269. The summed E-state index contributed by atoms with van der Waals surface area (Å²) in [4.78, 5) is 15.4. The van der Waals surface area contributed by atoms with Crippen LogP contribution in [0.4, 0.5) is 26.3 Å². The Hall–Kier alpha value is -2.14. The maximum absolute atomic E-state index is 13.3. The molecule has 1 heterocycles. The van der Waals surface area contributed by atoms with E-state index in [1.54, 1.807) is 0 Å². The number of benzene rings is 1. The fraction of sp³-hybridized carbons (Fsp3) is 0.375. The minimum atomic E-state index is -5.24. The number of carbonyl (C=O) groups excluding carboxylic acids is 1. The summed E-state index contributed by atoms with van der Waals surface area (Å²) >= 11 is 0.508. The van der Waals surface area contributed by atoms with Gasteiger partial charge < -0.3 is 9.84 Å². The number of nitrogens with zero attached hydrogens (tertiary/aromatic N) is 1. The van der Waals surface area contributed by atoms with E-state index in [1.807, 2.05) is 0 Å². The summed E-state index contributed by atoms with van der Waals surface area (Å²) in [6.45, 7) is 0.516. The lowest BCUT2D eigenvalue weighted by atomic mass is 10.00. The van der Waals surface area contributed by atoms with E-state index >= 15 is 0 Å². The van der Waals surface area contributed by atoms with Gasteiger partial charge in [-0.1, -0.05) is 18.2 Å². The van der Waals surface area contributed by atoms with Gasteiger partial charge in [-0.05, 0) is 13.0 Å². The molecule has 0 aliphatic rings. The molecule has 148 valence electrons. The van der Waals surface area contributed by atoms with Crippen molar-refractivity contribution in [2.45, 2.75) is 37.9 Å². The molecule has 11 heteroatoms. The average Bonchev–Trinajstić information content (AvgIpc) is 2.98. The summed E-state index contributed by atoms with van der Waals surface area (Å²) in [6, 6.07) is 4.19. The fourth-order valence-corrected chi connectivity index (χ4v) is 3.10. The quantitative estimate of drug-likeness (QED) is 0.585. The van der Waals surface area contributed by atoms with Crippen LogP contribution in [0, 0.1) is 6.92 Å². The normalized spacial score (nSPS) is 14.7. The number of ether oxygens (including phenoxy) is 1. The van der Waals surface area contributed by atoms with Crippen molar-refractivity contribution in [3.05, 3.63) is 51.5 Å². The number of hydrogen-bond donors (Lipinski definition) is 1. The van der Waals surface area contributed by atoms with Crippen molar-refractivity contribution in [1.29, 1.82) is 0 Å². The average molecular weight is 413 g/mol. The number of aromatic nitrogens is 1. The second-order valence-electron chi connectivity index (χ2n) is 5.64. The van der Waals surface area contributed by atoms with Crippen LogP contribution in [-0.2, 0) is 27.9 Å². The Morgan fingerprint density at radius 2 is 1.81 bits per heavy atom. The number of esters is 1. The van der Waals surface area contributed by atoms with E-state index < -0.39 is 53.1 Å². The molecule has 0 fully saturated rings. The minimum Gasteiger partial charge on any atom is -0.461 e. The minimum absolute atomic E-state index is 0.213. The van der Waals surface area contributed by atoms with Crippen molar-refractivity contribution < 1.29 is 41.0 Å². The summed E-state index contributed by atoms with van der Waals surface area (Å²) in [6.07, 6.45) is -11.5. The van der Waals surface area contributed by atoms with Crippen LogP contribution in [0.3, 0.4) is 0 Å². The molecular formula is C16H13F6NO3S. The predicted molar refractivity (Wildman–Crippen MR) is 82.7 cm³/mol. The zero-order chi connectivity index (χ0) is 20.5. The zero-order valence-electron chi connectivity index (χ0n) is 13.7. The molecule has 1 aromatic carbocycles. The maximum atomic E-state index is 13.3.